The van der Waals surface area contributed by atoms with E-state index >= 15 is 0 Å². The maximum atomic E-state index is 12.3. The van der Waals surface area contributed by atoms with Gasteiger partial charge in [0.2, 0.25) is 11.8 Å². The average Bonchev–Trinajstić information content (AvgIpc) is 2.52. The zero-order chi connectivity index (χ0) is 17.6. The molecule has 0 saturated carbocycles. The summed E-state index contributed by atoms with van der Waals surface area (Å²) in [5.41, 5.74) is 0.874. The molecule has 1 aliphatic heterocycles. The van der Waals surface area contributed by atoms with Crippen LogP contribution in [-0.2, 0) is 16.1 Å². The summed E-state index contributed by atoms with van der Waals surface area (Å²) in [4.78, 5) is 26.5. The topological polar surface area (TPSA) is 61.4 Å². The molecule has 132 valence electrons. The first-order valence-electron chi connectivity index (χ1n) is 8.68. The maximum absolute atomic E-state index is 12.3. The lowest BCUT2D eigenvalue weighted by Crippen LogP contribution is -2.50. The zero-order valence-electron chi connectivity index (χ0n) is 15.0. The predicted octanol–water partition coefficient (Wildman–Crippen LogP) is 1.93. The number of benzene rings is 1. The van der Waals surface area contributed by atoms with Crippen molar-refractivity contribution in [1.29, 1.82) is 0 Å². The minimum Gasteiger partial charge on any atom is -0.351 e. The zero-order valence-corrected chi connectivity index (χ0v) is 15.0. The van der Waals surface area contributed by atoms with E-state index in [9.17, 15) is 9.59 Å². The van der Waals surface area contributed by atoms with Crippen molar-refractivity contribution >= 4 is 11.8 Å². The fourth-order valence-electron chi connectivity index (χ4n) is 2.94. The Labute approximate surface area is 144 Å². The number of hydrogen-bond donors (Lipinski definition) is 2. The van der Waals surface area contributed by atoms with Gasteiger partial charge in [-0.3, -0.25) is 14.5 Å². The highest BCUT2D eigenvalue weighted by atomic mass is 16.2. The van der Waals surface area contributed by atoms with E-state index in [1.54, 1.807) is 0 Å². The van der Waals surface area contributed by atoms with E-state index in [0.29, 0.717) is 19.6 Å². The molecule has 0 aromatic heterocycles. The van der Waals surface area contributed by atoms with E-state index in [2.05, 4.69) is 15.5 Å². The molecule has 0 radical (unpaired) electrons. The SMILES string of the molecule is CC(C)(C)NC(=O)C1CCCN(CC(=O)NCc2ccccc2)C1. The molecule has 1 heterocycles. The van der Waals surface area contributed by atoms with Crippen LogP contribution in [0.2, 0.25) is 0 Å². The van der Waals surface area contributed by atoms with E-state index < -0.39 is 0 Å². The Morgan fingerprint density at radius 1 is 1.21 bits per heavy atom. The number of likely N-dealkylation sites (tertiary alicyclic amines) is 1. The number of amides is 2. The Bertz CT molecular complexity index is 551. The lowest BCUT2D eigenvalue weighted by atomic mass is 9.95. The lowest BCUT2D eigenvalue weighted by Gasteiger charge is -2.33. The largest absolute Gasteiger partial charge is 0.351 e. The molecule has 1 fully saturated rings. The summed E-state index contributed by atoms with van der Waals surface area (Å²) in [5, 5.41) is 5.99. The normalized spacial score (nSPS) is 18.9. The van der Waals surface area contributed by atoms with Crippen LogP contribution in [0.15, 0.2) is 30.3 Å². The minimum absolute atomic E-state index is 0.00994. The Morgan fingerprint density at radius 3 is 2.58 bits per heavy atom. The van der Waals surface area contributed by atoms with E-state index in [1.807, 2.05) is 51.1 Å². The molecule has 0 spiro atoms. The van der Waals surface area contributed by atoms with Gasteiger partial charge in [-0.1, -0.05) is 30.3 Å². The molecule has 1 aliphatic rings. The van der Waals surface area contributed by atoms with Gasteiger partial charge in [0.05, 0.1) is 12.5 Å². The smallest absolute Gasteiger partial charge is 0.234 e. The highest BCUT2D eigenvalue weighted by Crippen LogP contribution is 2.17. The third-order valence-electron chi connectivity index (χ3n) is 4.07. The fourth-order valence-corrected chi connectivity index (χ4v) is 2.94. The van der Waals surface area contributed by atoms with Gasteiger partial charge in [-0.15, -0.1) is 0 Å². The molecule has 1 unspecified atom stereocenters. The summed E-state index contributed by atoms with van der Waals surface area (Å²) < 4.78 is 0. The second kappa shape index (κ2) is 8.29. The van der Waals surface area contributed by atoms with E-state index in [4.69, 9.17) is 0 Å². The highest BCUT2D eigenvalue weighted by molar-refractivity contribution is 5.80. The standard InChI is InChI=1S/C19H29N3O2/c1-19(2,3)21-18(24)16-10-7-11-22(13-16)14-17(23)20-12-15-8-5-4-6-9-15/h4-6,8-9,16H,7,10-14H2,1-3H3,(H,20,23)(H,21,24). The Balaban J connectivity index is 1.77. The molecular weight excluding hydrogens is 302 g/mol. The number of carbonyl (C=O) groups is 2. The lowest BCUT2D eigenvalue weighted by molar-refractivity contribution is -0.130. The van der Waals surface area contributed by atoms with Crippen molar-refractivity contribution < 1.29 is 9.59 Å². The summed E-state index contributed by atoms with van der Waals surface area (Å²) in [5.74, 6) is 0.0764. The van der Waals surface area contributed by atoms with Gasteiger partial charge in [0.1, 0.15) is 0 Å². The van der Waals surface area contributed by atoms with Gasteiger partial charge in [0.15, 0.2) is 0 Å². The van der Waals surface area contributed by atoms with Crippen molar-refractivity contribution in [3.05, 3.63) is 35.9 Å². The molecule has 1 aromatic rings. The number of piperidine rings is 1. The summed E-state index contributed by atoms with van der Waals surface area (Å²) in [6.07, 6.45) is 1.85. The third-order valence-corrected chi connectivity index (χ3v) is 4.07. The molecule has 5 heteroatoms. The number of nitrogens with one attached hydrogen (secondary N) is 2. The molecule has 2 N–H and O–H groups in total. The molecule has 24 heavy (non-hydrogen) atoms. The van der Waals surface area contributed by atoms with Crippen LogP contribution in [0.25, 0.3) is 0 Å². The molecule has 1 atom stereocenters. The van der Waals surface area contributed by atoms with Crippen molar-refractivity contribution in [2.75, 3.05) is 19.6 Å². The molecular formula is C19H29N3O2. The fraction of sp³-hybridized carbons (Fsp3) is 0.579. The average molecular weight is 331 g/mol. The molecule has 5 nitrogen and oxygen atoms in total. The van der Waals surface area contributed by atoms with Crippen molar-refractivity contribution in [1.82, 2.24) is 15.5 Å². The van der Waals surface area contributed by atoms with Gasteiger partial charge in [-0.25, -0.2) is 0 Å². The van der Waals surface area contributed by atoms with Crippen molar-refractivity contribution in [2.24, 2.45) is 5.92 Å². The molecule has 0 bridgehead atoms. The van der Waals surface area contributed by atoms with Gasteiger partial charge in [-0.05, 0) is 45.7 Å². The summed E-state index contributed by atoms with van der Waals surface area (Å²) in [6.45, 7) is 8.39. The highest BCUT2D eigenvalue weighted by Gasteiger charge is 2.28. The molecule has 0 aliphatic carbocycles. The van der Waals surface area contributed by atoms with Crippen LogP contribution in [0.3, 0.4) is 0 Å². The second-order valence-corrected chi connectivity index (χ2v) is 7.58. The molecule has 1 aromatic carbocycles. The number of nitrogens with zero attached hydrogens (tertiary/aromatic N) is 1. The Kier molecular flexibility index (Phi) is 6.37. The van der Waals surface area contributed by atoms with Gasteiger partial charge < -0.3 is 10.6 Å². The van der Waals surface area contributed by atoms with E-state index in [-0.39, 0.29) is 23.3 Å². The molecule has 1 saturated heterocycles. The third kappa shape index (κ3) is 6.32. The molecule has 2 amide bonds. The summed E-state index contributed by atoms with van der Waals surface area (Å²) >= 11 is 0. The molecule has 2 rings (SSSR count). The minimum atomic E-state index is -0.216. The summed E-state index contributed by atoms with van der Waals surface area (Å²) in [7, 11) is 0. The monoisotopic (exact) mass is 331 g/mol. The van der Waals surface area contributed by atoms with Gasteiger partial charge in [-0.2, -0.15) is 0 Å². The van der Waals surface area contributed by atoms with Crippen LogP contribution >= 0.6 is 0 Å². The van der Waals surface area contributed by atoms with Crippen molar-refractivity contribution in [2.45, 2.75) is 45.7 Å². The maximum Gasteiger partial charge on any atom is 0.234 e. The van der Waals surface area contributed by atoms with Crippen molar-refractivity contribution in [3.63, 3.8) is 0 Å². The number of carbonyl (C=O) groups excluding carboxylic acids is 2. The first-order valence-corrected chi connectivity index (χ1v) is 8.68. The Morgan fingerprint density at radius 2 is 1.92 bits per heavy atom. The first kappa shape index (κ1) is 18.5. The van der Waals surface area contributed by atoms with Gasteiger partial charge in [0, 0.05) is 18.6 Å². The van der Waals surface area contributed by atoms with Gasteiger partial charge >= 0.3 is 0 Å². The number of rotatable bonds is 5. The van der Waals surface area contributed by atoms with Crippen LogP contribution in [0.4, 0.5) is 0 Å². The van der Waals surface area contributed by atoms with E-state index in [0.717, 1.165) is 24.9 Å². The van der Waals surface area contributed by atoms with Crippen LogP contribution in [0.5, 0.6) is 0 Å². The quantitative estimate of drug-likeness (QED) is 0.867. The van der Waals surface area contributed by atoms with Crippen LogP contribution in [-0.4, -0.2) is 41.9 Å². The van der Waals surface area contributed by atoms with Crippen molar-refractivity contribution in [3.8, 4) is 0 Å². The Hall–Kier alpha value is -1.88. The van der Waals surface area contributed by atoms with Crippen LogP contribution in [0.1, 0.15) is 39.2 Å². The van der Waals surface area contributed by atoms with Crippen LogP contribution in [0, 0.1) is 5.92 Å². The predicted molar refractivity (Wildman–Crippen MR) is 95.3 cm³/mol. The van der Waals surface area contributed by atoms with Gasteiger partial charge in [0.25, 0.3) is 0 Å². The second-order valence-electron chi connectivity index (χ2n) is 7.58. The first-order chi connectivity index (χ1) is 11.3. The van der Waals surface area contributed by atoms with E-state index in [1.165, 1.54) is 0 Å². The summed E-state index contributed by atoms with van der Waals surface area (Å²) in [6, 6.07) is 9.87. The van der Waals surface area contributed by atoms with Crippen LogP contribution < -0.4 is 10.6 Å². The number of hydrogen-bond acceptors (Lipinski definition) is 3.